The Balaban J connectivity index is 2.12. The van der Waals surface area contributed by atoms with Crippen LogP contribution in [0.15, 0.2) is 57.9 Å². The van der Waals surface area contributed by atoms with Crippen molar-refractivity contribution >= 4 is 37.8 Å². The number of ether oxygens (including phenoxy) is 1. The second-order valence-electron chi connectivity index (χ2n) is 5.44. The molecule has 7 nitrogen and oxygen atoms in total. The van der Waals surface area contributed by atoms with Gasteiger partial charge in [-0.15, -0.1) is 0 Å². The fraction of sp³-hybridized carbons (Fsp3) is 0.176. The van der Waals surface area contributed by atoms with Crippen molar-refractivity contribution in [3.63, 3.8) is 0 Å². The maximum Gasteiger partial charge on any atom is 0.333 e. The summed E-state index contributed by atoms with van der Waals surface area (Å²) in [5, 5.41) is 7.66. The summed E-state index contributed by atoms with van der Waals surface area (Å²) in [6.45, 7) is 0. The number of halogens is 1. The van der Waals surface area contributed by atoms with Gasteiger partial charge in [0.15, 0.2) is 6.04 Å². The molecular weight excluding hydrogens is 424 g/mol. The summed E-state index contributed by atoms with van der Waals surface area (Å²) in [6, 6.07) is 11.6. The highest BCUT2D eigenvalue weighted by Crippen LogP contribution is 2.18. The van der Waals surface area contributed by atoms with Gasteiger partial charge in [0.05, 0.1) is 18.4 Å². The highest BCUT2D eigenvalue weighted by atomic mass is 79.9. The van der Waals surface area contributed by atoms with Crippen molar-refractivity contribution in [3.05, 3.63) is 64.1 Å². The molecule has 0 saturated carbocycles. The number of hydrogen-bond acceptors (Lipinski definition) is 5. The van der Waals surface area contributed by atoms with Gasteiger partial charge in [0.2, 0.25) is 15.9 Å². The first-order valence-electron chi connectivity index (χ1n) is 7.45. The number of nitrogens with two attached hydrogens (primary N) is 1. The number of rotatable bonds is 6. The molecule has 0 aliphatic heterocycles. The summed E-state index contributed by atoms with van der Waals surface area (Å²) in [4.78, 5) is 24.3. The second kappa shape index (κ2) is 8.43. The lowest BCUT2D eigenvalue weighted by molar-refractivity contribution is -0.145. The minimum Gasteiger partial charge on any atom is -0.467 e. The number of nitrogens with one attached hydrogen (secondary N) is 1. The SMILES string of the molecule is COC(=O)C(NC(=O)Cc1ccc(S(N)(=O)=O)cc1)c1ccc(Br)cc1. The van der Waals surface area contributed by atoms with Crippen molar-refractivity contribution in [3.8, 4) is 0 Å². The van der Waals surface area contributed by atoms with Crippen molar-refractivity contribution in [2.45, 2.75) is 17.4 Å². The highest BCUT2D eigenvalue weighted by molar-refractivity contribution is 9.10. The first kappa shape index (κ1) is 20.1. The molecule has 1 unspecified atom stereocenters. The van der Waals surface area contributed by atoms with Crippen molar-refractivity contribution in [2.24, 2.45) is 5.14 Å². The van der Waals surface area contributed by atoms with E-state index in [1.807, 2.05) is 0 Å². The van der Waals surface area contributed by atoms with Crippen molar-refractivity contribution < 1.29 is 22.7 Å². The molecule has 1 atom stereocenters. The number of hydrogen-bond donors (Lipinski definition) is 2. The van der Waals surface area contributed by atoms with Crippen molar-refractivity contribution in [1.82, 2.24) is 5.32 Å². The van der Waals surface area contributed by atoms with Crippen LogP contribution in [0, 0.1) is 0 Å². The second-order valence-corrected chi connectivity index (χ2v) is 7.92. The lowest BCUT2D eigenvalue weighted by Gasteiger charge is -2.17. The van der Waals surface area contributed by atoms with Crippen LogP contribution in [0.4, 0.5) is 0 Å². The lowest BCUT2D eigenvalue weighted by Crippen LogP contribution is -2.35. The quantitative estimate of drug-likeness (QED) is 0.662. The van der Waals surface area contributed by atoms with E-state index in [0.29, 0.717) is 11.1 Å². The van der Waals surface area contributed by atoms with Crippen LogP contribution in [0.1, 0.15) is 17.2 Å². The maximum absolute atomic E-state index is 12.3. The maximum atomic E-state index is 12.3. The molecule has 0 aromatic heterocycles. The Morgan fingerprint density at radius 1 is 1.12 bits per heavy atom. The Morgan fingerprint density at radius 3 is 2.19 bits per heavy atom. The molecule has 0 aliphatic carbocycles. The number of benzene rings is 2. The van der Waals surface area contributed by atoms with Crippen LogP contribution >= 0.6 is 15.9 Å². The Morgan fingerprint density at radius 2 is 1.69 bits per heavy atom. The third-order valence-electron chi connectivity index (χ3n) is 3.56. The van der Waals surface area contributed by atoms with E-state index in [1.165, 1.54) is 31.4 Å². The van der Waals surface area contributed by atoms with E-state index in [2.05, 4.69) is 21.2 Å². The van der Waals surface area contributed by atoms with E-state index in [1.54, 1.807) is 24.3 Å². The van der Waals surface area contributed by atoms with E-state index in [4.69, 9.17) is 9.88 Å². The number of carbonyl (C=O) groups excluding carboxylic acids is 2. The molecule has 1 amide bonds. The number of primary sulfonamides is 1. The Bertz CT molecular complexity index is 896. The monoisotopic (exact) mass is 440 g/mol. The zero-order valence-electron chi connectivity index (χ0n) is 13.8. The zero-order valence-corrected chi connectivity index (χ0v) is 16.2. The summed E-state index contributed by atoms with van der Waals surface area (Å²) in [5.41, 5.74) is 1.16. The van der Waals surface area contributed by atoms with E-state index in [0.717, 1.165) is 4.47 Å². The van der Waals surface area contributed by atoms with Crippen LogP contribution in [0.5, 0.6) is 0 Å². The van der Waals surface area contributed by atoms with Crippen LogP contribution in [-0.2, 0) is 30.8 Å². The molecule has 138 valence electrons. The Labute approximate surface area is 159 Å². The molecule has 2 aromatic carbocycles. The largest absolute Gasteiger partial charge is 0.467 e. The van der Waals surface area contributed by atoms with Gasteiger partial charge in [-0.25, -0.2) is 18.4 Å². The Hall–Kier alpha value is -2.23. The highest BCUT2D eigenvalue weighted by Gasteiger charge is 2.23. The lowest BCUT2D eigenvalue weighted by atomic mass is 10.1. The van der Waals surface area contributed by atoms with Gasteiger partial charge >= 0.3 is 5.97 Å². The molecule has 26 heavy (non-hydrogen) atoms. The van der Waals surface area contributed by atoms with Crippen LogP contribution in [0.3, 0.4) is 0 Å². The third-order valence-corrected chi connectivity index (χ3v) is 5.02. The molecule has 0 radical (unpaired) electrons. The minimum absolute atomic E-state index is 0.0328. The van der Waals surface area contributed by atoms with Gasteiger partial charge in [-0.2, -0.15) is 0 Å². The van der Waals surface area contributed by atoms with Gasteiger partial charge in [0.1, 0.15) is 0 Å². The molecule has 2 aromatic rings. The van der Waals surface area contributed by atoms with Gasteiger partial charge in [0, 0.05) is 4.47 Å². The standard InChI is InChI=1S/C17H17BrN2O5S/c1-25-17(22)16(12-4-6-13(18)7-5-12)20-15(21)10-11-2-8-14(9-3-11)26(19,23)24/h2-9,16H,10H2,1H3,(H,20,21)(H2,19,23,24). The van der Waals surface area contributed by atoms with Gasteiger partial charge in [-0.3, -0.25) is 4.79 Å². The normalized spacial score (nSPS) is 12.3. The van der Waals surface area contributed by atoms with Gasteiger partial charge < -0.3 is 10.1 Å². The number of amides is 1. The fourth-order valence-corrected chi connectivity index (χ4v) is 3.03. The van der Waals surface area contributed by atoms with E-state index >= 15 is 0 Å². The summed E-state index contributed by atoms with van der Waals surface area (Å²) in [5.74, 6) is -1.00. The summed E-state index contributed by atoms with van der Waals surface area (Å²) in [6.07, 6.45) is -0.0328. The molecule has 0 saturated heterocycles. The number of methoxy groups -OCH3 is 1. The summed E-state index contributed by atoms with van der Waals surface area (Å²) >= 11 is 3.31. The van der Waals surface area contributed by atoms with Gasteiger partial charge in [-0.05, 0) is 35.4 Å². The molecular formula is C17H17BrN2O5S. The molecule has 9 heteroatoms. The van der Waals surface area contributed by atoms with Gasteiger partial charge in [-0.1, -0.05) is 40.2 Å². The first-order chi connectivity index (χ1) is 12.2. The molecule has 0 aliphatic rings. The Kier molecular flexibility index (Phi) is 6.52. The van der Waals surface area contributed by atoms with Crippen molar-refractivity contribution in [1.29, 1.82) is 0 Å². The molecule has 2 rings (SSSR count). The van der Waals surface area contributed by atoms with Gasteiger partial charge in [0.25, 0.3) is 0 Å². The summed E-state index contributed by atoms with van der Waals surface area (Å²) in [7, 11) is -2.54. The van der Waals surface area contributed by atoms with E-state index < -0.39 is 27.9 Å². The first-order valence-corrected chi connectivity index (χ1v) is 9.79. The molecule has 0 spiro atoms. The zero-order chi connectivity index (χ0) is 19.3. The number of esters is 1. The average molecular weight is 441 g/mol. The van der Waals surface area contributed by atoms with Crippen molar-refractivity contribution in [2.75, 3.05) is 7.11 Å². The summed E-state index contributed by atoms with van der Waals surface area (Å²) < 4.78 is 28.1. The topological polar surface area (TPSA) is 116 Å². The molecule has 0 heterocycles. The predicted molar refractivity (Wildman–Crippen MR) is 98.6 cm³/mol. The minimum atomic E-state index is -3.79. The third kappa shape index (κ3) is 5.38. The predicted octanol–water partition coefficient (Wildman–Crippen LogP) is 1.67. The molecule has 0 bridgehead atoms. The fourth-order valence-electron chi connectivity index (χ4n) is 2.25. The number of sulfonamides is 1. The van der Waals surface area contributed by atoms with E-state index in [-0.39, 0.29) is 11.3 Å². The van der Waals surface area contributed by atoms with Crippen LogP contribution in [-0.4, -0.2) is 27.4 Å². The number of carbonyl (C=O) groups is 2. The average Bonchev–Trinajstić information content (AvgIpc) is 2.59. The molecule has 0 fully saturated rings. The molecule has 3 N–H and O–H groups in total. The van der Waals surface area contributed by atoms with E-state index in [9.17, 15) is 18.0 Å². The smallest absolute Gasteiger partial charge is 0.333 e. The van der Waals surface area contributed by atoms with Crippen LogP contribution in [0.2, 0.25) is 0 Å². The van der Waals surface area contributed by atoms with Crippen LogP contribution < -0.4 is 10.5 Å². The van der Waals surface area contributed by atoms with Crippen LogP contribution in [0.25, 0.3) is 0 Å².